The summed E-state index contributed by atoms with van der Waals surface area (Å²) in [6.45, 7) is 9.08. The van der Waals surface area contributed by atoms with Crippen LogP contribution in [-0.2, 0) is 11.8 Å². The molecule has 0 atom stereocenters. The number of nitrogens with one attached hydrogen (secondary N) is 2. The Morgan fingerprint density at radius 3 is 2.61 bits per heavy atom. The summed E-state index contributed by atoms with van der Waals surface area (Å²) in [6, 6.07) is -0.210. The van der Waals surface area contributed by atoms with Gasteiger partial charge in [-0.05, 0) is 18.3 Å². The summed E-state index contributed by atoms with van der Waals surface area (Å²) < 4.78 is 0. The molecule has 18 heavy (non-hydrogen) atoms. The maximum atomic E-state index is 11.3. The van der Waals surface area contributed by atoms with E-state index in [0.717, 1.165) is 18.5 Å². The number of aromatic nitrogens is 1. The van der Waals surface area contributed by atoms with Crippen molar-refractivity contribution in [1.82, 2.24) is 10.3 Å². The number of hydrogen-bond donors (Lipinski definition) is 2. The van der Waals surface area contributed by atoms with Crippen molar-refractivity contribution in [2.24, 2.45) is 5.41 Å². The van der Waals surface area contributed by atoms with E-state index in [1.165, 1.54) is 4.88 Å². The van der Waals surface area contributed by atoms with E-state index >= 15 is 0 Å². The molecule has 5 heteroatoms. The molecule has 2 amide bonds. The standard InChI is InChI=1S/C13H21N3OS/c1-12(2)6-8-9(13(3,4)7-12)18-11(15-8)16-10(17)14-5/h6-7H2,1-5H3,(H2,14,15,16,17). The van der Waals surface area contributed by atoms with Crippen molar-refractivity contribution in [3.63, 3.8) is 0 Å². The third-order valence-corrected chi connectivity index (χ3v) is 4.71. The van der Waals surface area contributed by atoms with Gasteiger partial charge in [-0.3, -0.25) is 5.32 Å². The minimum Gasteiger partial charge on any atom is -0.341 e. The van der Waals surface area contributed by atoms with Gasteiger partial charge in [0, 0.05) is 17.3 Å². The molecule has 1 aromatic heterocycles. The summed E-state index contributed by atoms with van der Waals surface area (Å²) in [4.78, 5) is 17.2. The van der Waals surface area contributed by atoms with Crippen LogP contribution in [-0.4, -0.2) is 18.1 Å². The smallest absolute Gasteiger partial charge is 0.320 e. The molecule has 1 aromatic rings. The van der Waals surface area contributed by atoms with Crippen molar-refractivity contribution in [3.05, 3.63) is 10.6 Å². The summed E-state index contributed by atoms with van der Waals surface area (Å²) >= 11 is 1.60. The molecule has 0 aromatic carbocycles. The minimum absolute atomic E-state index is 0.136. The normalized spacial score (nSPS) is 20.1. The van der Waals surface area contributed by atoms with Crippen LogP contribution in [0.1, 0.15) is 44.7 Å². The predicted molar refractivity (Wildman–Crippen MR) is 75.3 cm³/mol. The second-order valence-corrected chi connectivity index (χ2v) is 7.40. The highest BCUT2D eigenvalue weighted by Crippen LogP contribution is 2.48. The van der Waals surface area contributed by atoms with Gasteiger partial charge in [-0.1, -0.05) is 27.7 Å². The number of hydrogen-bond acceptors (Lipinski definition) is 3. The Morgan fingerprint density at radius 1 is 1.33 bits per heavy atom. The lowest BCUT2D eigenvalue weighted by Gasteiger charge is -2.39. The van der Waals surface area contributed by atoms with Crippen LogP contribution < -0.4 is 10.6 Å². The second-order valence-electron chi connectivity index (χ2n) is 6.40. The summed E-state index contributed by atoms with van der Waals surface area (Å²) in [5.74, 6) is 0. The van der Waals surface area contributed by atoms with Gasteiger partial charge in [-0.2, -0.15) is 0 Å². The zero-order valence-corrected chi connectivity index (χ0v) is 12.5. The molecular formula is C13H21N3OS. The Morgan fingerprint density at radius 2 is 2.00 bits per heavy atom. The molecule has 1 aliphatic carbocycles. The molecular weight excluding hydrogens is 246 g/mol. The Kier molecular flexibility index (Phi) is 3.13. The fourth-order valence-corrected chi connectivity index (χ4v) is 4.08. The van der Waals surface area contributed by atoms with Gasteiger partial charge in [0.2, 0.25) is 0 Å². The Hall–Kier alpha value is -1.10. The maximum Gasteiger partial charge on any atom is 0.320 e. The summed E-state index contributed by atoms with van der Waals surface area (Å²) in [6.07, 6.45) is 2.13. The predicted octanol–water partition coefficient (Wildman–Crippen LogP) is 3.14. The van der Waals surface area contributed by atoms with Crippen LogP contribution in [0.4, 0.5) is 9.93 Å². The number of thiazole rings is 1. The molecule has 0 bridgehead atoms. The molecule has 1 heterocycles. The van der Waals surface area contributed by atoms with Crippen molar-refractivity contribution in [2.75, 3.05) is 12.4 Å². The fraction of sp³-hybridized carbons (Fsp3) is 0.692. The van der Waals surface area contributed by atoms with Crippen LogP contribution >= 0.6 is 11.3 Å². The van der Waals surface area contributed by atoms with Gasteiger partial charge in [0.25, 0.3) is 0 Å². The molecule has 2 rings (SSSR count). The van der Waals surface area contributed by atoms with Crippen LogP contribution in [0.3, 0.4) is 0 Å². The number of fused-ring (bicyclic) bond motifs is 1. The van der Waals surface area contributed by atoms with E-state index in [-0.39, 0.29) is 16.9 Å². The highest BCUT2D eigenvalue weighted by atomic mass is 32.1. The van der Waals surface area contributed by atoms with Crippen molar-refractivity contribution >= 4 is 22.5 Å². The Labute approximate surface area is 112 Å². The molecule has 0 radical (unpaired) electrons. The summed E-state index contributed by atoms with van der Waals surface area (Å²) in [7, 11) is 1.61. The first-order valence-corrected chi connectivity index (χ1v) is 7.04. The number of nitrogens with zero attached hydrogens (tertiary/aromatic N) is 1. The second kappa shape index (κ2) is 4.23. The van der Waals surface area contributed by atoms with Gasteiger partial charge in [0.15, 0.2) is 5.13 Å². The first-order valence-electron chi connectivity index (χ1n) is 6.22. The molecule has 2 N–H and O–H groups in total. The Bertz CT molecular complexity index is 477. The van der Waals surface area contributed by atoms with Gasteiger partial charge >= 0.3 is 6.03 Å². The number of urea groups is 1. The van der Waals surface area contributed by atoms with E-state index in [9.17, 15) is 4.79 Å². The van der Waals surface area contributed by atoms with E-state index in [2.05, 4.69) is 43.3 Å². The highest BCUT2D eigenvalue weighted by Gasteiger charge is 2.40. The SMILES string of the molecule is CNC(=O)Nc1nc2c(s1)C(C)(C)CC(C)(C)C2. The number of carbonyl (C=O) groups is 1. The molecule has 1 aliphatic rings. The molecule has 0 unspecified atom stereocenters. The summed E-state index contributed by atoms with van der Waals surface area (Å²) in [5, 5.41) is 6.02. The van der Waals surface area contributed by atoms with Crippen LogP contribution in [0.5, 0.6) is 0 Å². The third kappa shape index (κ3) is 2.51. The first-order chi connectivity index (χ1) is 8.23. The lowest BCUT2D eigenvalue weighted by molar-refractivity contribution is 0.232. The zero-order chi connectivity index (χ0) is 13.6. The van der Waals surface area contributed by atoms with E-state index in [0.29, 0.717) is 5.13 Å². The van der Waals surface area contributed by atoms with Gasteiger partial charge in [0.1, 0.15) is 0 Å². The summed E-state index contributed by atoms with van der Waals surface area (Å²) in [5.41, 5.74) is 1.55. The topological polar surface area (TPSA) is 54.0 Å². The minimum atomic E-state index is -0.210. The number of amides is 2. The van der Waals surface area contributed by atoms with Crippen LogP contribution in [0, 0.1) is 5.41 Å². The molecule has 0 aliphatic heterocycles. The lowest BCUT2D eigenvalue weighted by Crippen LogP contribution is -2.33. The number of anilines is 1. The average Bonchev–Trinajstić information content (AvgIpc) is 2.58. The van der Waals surface area contributed by atoms with Crippen molar-refractivity contribution in [1.29, 1.82) is 0 Å². The van der Waals surface area contributed by atoms with E-state index in [4.69, 9.17) is 0 Å². The van der Waals surface area contributed by atoms with E-state index in [1.54, 1.807) is 18.4 Å². The van der Waals surface area contributed by atoms with Crippen LogP contribution in [0.15, 0.2) is 0 Å². The van der Waals surface area contributed by atoms with Crippen LogP contribution in [0.25, 0.3) is 0 Å². The van der Waals surface area contributed by atoms with Gasteiger partial charge in [-0.25, -0.2) is 9.78 Å². The first kappa shape index (κ1) is 13.3. The van der Waals surface area contributed by atoms with Gasteiger partial charge < -0.3 is 5.32 Å². The highest BCUT2D eigenvalue weighted by molar-refractivity contribution is 7.16. The number of carbonyl (C=O) groups excluding carboxylic acids is 1. The monoisotopic (exact) mass is 267 g/mol. The Balaban J connectivity index is 2.33. The van der Waals surface area contributed by atoms with Crippen molar-refractivity contribution in [3.8, 4) is 0 Å². The molecule has 0 spiro atoms. The molecule has 0 fully saturated rings. The molecule has 100 valence electrons. The average molecular weight is 267 g/mol. The zero-order valence-electron chi connectivity index (χ0n) is 11.7. The van der Waals surface area contributed by atoms with Crippen molar-refractivity contribution < 1.29 is 4.79 Å². The van der Waals surface area contributed by atoms with E-state index in [1.807, 2.05) is 0 Å². The quantitative estimate of drug-likeness (QED) is 0.821. The lowest BCUT2D eigenvalue weighted by atomic mass is 9.67. The van der Waals surface area contributed by atoms with Gasteiger partial charge in [-0.15, -0.1) is 11.3 Å². The largest absolute Gasteiger partial charge is 0.341 e. The van der Waals surface area contributed by atoms with Crippen molar-refractivity contribution in [2.45, 2.75) is 46.0 Å². The molecule has 0 saturated heterocycles. The third-order valence-electron chi connectivity index (χ3n) is 3.33. The fourth-order valence-electron chi connectivity index (χ4n) is 3.01. The van der Waals surface area contributed by atoms with Crippen LogP contribution in [0.2, 0.25) is 0 Å². The molecule has 0 saturated carbocycles. The van der Waals surface area contributed by atoms with E-state index < -0.39 is 0 Å². The maximum absolute atomic E-state index is 11.3. The number of rotatable bonds is 1. The molecule has 4 nitrogen and oxygen atoms in total. The van der Waals surface area contributed by atoms with Gasteiger partial charge in [0.05, 0.1) is 5.69 Å².